The van der Waals surface area contributed by atoms with Gasteiger partial charge in [-0.1, -0.05) is 6.92 Å². The normalized spacial score (nSPS) is 15.1. The highest BCUT2D eigenvalue weighted by atomic mass is 16.3. The monoisotopic (exact) mass is 206 g/mol. The van der Waals surface area contributed by atoms with Gasteiger partial charge in [-0.3, -0.25) is 0 Å². The predicted octanol–water partition coefficient (Wildman–Crippen LogP) is 1.20. The molecule has 2 aromatic heterocycles. The molecule has 2 rings (SSSR count). The smallest absolute Gasteiger partial charge is 0.137 e. The zero-order chi connectivity index (χ0) is 10.7. The van der Waals surface area contributed by atoms with Gasteiger partial charge in [-0.05, 0) is 18.6 Å². The molecule has 0 aliphatic carbocycles. The Hall–Kier alpha value is -1.62. The van der Waals surface area contributed by atoms with Gasteiger partial charge in [0, 0.05) is 6.04 Å². The van der Waals surface area contributed by atoms with E-state index in [9.17, 15) is 0 Å². The van der Waals surface area contributed by atoms with Crippen LogP contribution >= 0.6 is 0 Å². The Balaban J connectivity index is 2.33. The molecule has 0 aromatic carbocycles. The van der Waals surface area contributed by atoms with E-state index in [2.05, 4.69) is 10.1 Å². The molecule has 0 spiro atoms. The molecule has 0 aliphatic heterocycles. The summed E-state index contributed by atoms with van der Waals surface area (Å²) in [7, 11) is 0. The lowest BCUT2D eigenvalue weighted by molar-refractivity contribution is 0.351. The molecule has 5 heteroatoms. The quantitative estimate of drug-likeness (QED) is 0.816. The van der Waals surface area contributed by atoms with E-state index in [-0.39, 0.29) is 12.1 Å². The first kappa shape index (κ1) is 9.92. The second kappa shape index (κ2) is 4.27. The summed E-state index contributed by atoms with van der Waals surface area (Å²) in [6.45, 7) is 2.04. The molecular weight excluding hydrogens is 192 g/mol. The van der Waals surface area contributed by atoms with E-state index in [4.69, 9.17) is 10.2 Å². The van der Waals surface area contributed by atoms with Crippen molar-refractivity contribution in [3.8, 4) is 0 Å². The van der Waals surface area contributed by atoms with E-state index < -0.39 is 0 Å². The summed E-state index contributed by atoms with van der Waals surface area (Å²) >= 11 is 0. The van der Waals surface area contributed by atoms with Crippen molar-refractivity contribution in [2.45, 2.75) is 25.4 Å². The summed E-state index contributed by atoms with van der Waals surface area (Å²) in [4.78, 5) is 3.92. The molecule has 5 nitrogen and oxygen atoms in total. The van der Waals surface area contributed by atoms with E-state index in [1.165, 1.54) is 6.33 Å². The number of hydrogen-bond donors (Lipinski definition) is 1. The summed E-state index contributed by atoms with van der Waals surface area (Å²) in [5, 5.41) is 4.11. The largest absolute Gasteiger partial charge is 0.467 e. The molecule has 15 heavy (non-hydrogen) atoms. The van der Waals surface area contributed by atoms with Crippen molar-refractivity contribution in [1.82, 2.24) is 14.8 Å². The van der Waals surface area contributed by atoms with Crippen molar-refractivity contribution >= 4 is 0 Å². The standard InChI is InChI=1S/C10H14N4O/c1-2-8(11)10(9-4-3-5-15-9)14-7-12-6-13-14/h3-8,10H,2,11H2,1H3. The van der Waals surface area contributed by atoms with Gasteiger partial charge >= 0.3 is 0 Å². The molecular formula is C10H14N4O. The topological polar surface area (TPSA) is 69.9 Å². The van der Waals surface area contributed by atoms with Gasteiger partial charge < -0.3 is 10.2 Å². The molecule has 0 saturated heterocycles. The van der Waals surface area contributed by atoms with Gasteiger partial charge in [0.1, 0.15) is 24.5 Å². The van der Waals surface area contributed by atoms with E-state index in [0.717, 1.165) is 12.2 Å². The van der Waals surface area contributed by atoms with Crippen LogP contribution in [-0.4, -0.2) is 20.8 Å². The van der Waals surface area contributed by atoms with Crippen molar-refractivity contribution in [2.24, 2.45) is 5.73 Å². The average Bonchev–Trinajstić information content (AvgIpc) is 2.90. The highest BCUT2D eigenvalue weighted by Gasteiger charge is 2.23. The minimum Gasteiger partial charge on any atom is -0.467 e. The fourth-order valence-corrected chi connectivity index (χ4v) is 1.58. The lowest BCUT2D eigenvalue weighted by Crippen LogP contribution is -2.32. The maximum absolute atomic E-state index is 6.05. The minimum absolute atomic E-state index is 0.0298. The summed E-state index contributed by atoms with van der Waals surface area (Å²) < 4.78 is 7.10. The van der Waals surface area contributed by atoms with E-state index in [1.54, 1.807) is 17.3 Å². The van der Waals surface area contributed by atoms with Crippen molar-refractivity contribution < 1.29 is 4.42 Å². The Morgan fingerprint density at radius 3 is 3.00 bits per heavy atom. The van der Waals surface area contributed by atoms with Gasteiger partial charge in [-0.15, -0.1) is 0 Å². The first-order valence-corrected chi connectivity index (χ1v) is 4.96. The molecule has 0 aliphatic rings. The number of hydrogen-bond acceptors (Lipinski definition) is 4. The highest BCUT2D eigenvalue weighted by molar-refractivity contribution is 5.08. The fraction of sp³-hybridized carbons (Fsp3) is 0.400. The van der Waals surface area contributed by atoms with E-state index in [1.807, 2.05) is 19.1 Å². The molecule has 0 amide bonds. The Morgan fingerprint density at radius 2 is 2.47 bits per heavy atom. The third-order valence-corrected chi connectivity index (χ3v) is 2.43. The fourth-order valence-electron chi connectivity index (χ4n) is 1.58. The molecule has 2 N–H and O–H groups in total. The first-order valence-electron chi connectivity index (χ1n) is 4.96. The highest BCUT2D eigenvalue weighted by Crippen LogP contribution is 2.21. The van der Waals surface area contributed by atoms with Gasteiger partial charge in [0.15, 0.2) is 0 Å². The maximum atomic E-state index is 6.05. The van der Waals surface area contributed by atoms with Crippen molar-refractivity contribution in [1.29, 1.82) is 0 Å². The van der Waals surface area contributed by atoms with Gasteiger partial charge in [0.25, 0.3) is 0 Å². The van der Waals surface area contributed by atoms with Gasteiger partial charge in [-0.2, -0.15) is 5.10 Å². The Kier molecular flexibility index (Phi) is 2.82. The molecule has 2 aromatic rings. The van der Waals surface area contributed by atoms with E-state index >= 15 is 0 Å². The van der Waals surface area contributed by atoms with Crippen LogP contribution in [0.2, 0.25) is 0 Å². The van der Waals surface area contributed by atoms with Crippen LogP contribution in [0, 0.1) is 0 Å². The molecule has 2 unspecified atom stereocenters. The van der Waals surface area contributed by atoms with Crippen LogP contribution in [-0.2, 0) is 0 Å². The minimum atomic E-state index is -0.0764. The lowest BCUT2D eigenvalue weighted by atomic mass is 10.0. The van der Waals surface area contributed by atoms with Gasteiger partial charge in [-0.25, -0.2) is 9.67 Å². The van der Waals surface area contributed by atoms with Gasteiger partial charge in [0.2, 0.25) is 0 Å². The Morgan fingerprint density at radius 1 is 1.60 bits per heavy atom. The maximum Gasteiger partial charge on any atom is 0.137 e. The summed E-state index contributed by atoms with van der Waals surface area (Å²) in [6.07, 6.45) is 5.65. The van der Waals surface area contributed by atoms with Crippen LogP contribution in [0.1, 0.15) is 25.1 Å². The molecule has 2 heterocycles. The Bertz CT molecular complexity index is 347. The second-order valence-corrected chi connectivity index (χ2v) is 3.41. The Labute approximate surface area is 87.9 Å². The number of nitrogens with zero attached hydrogens (tertiary/aromatic N) is 3. The third kappa shape index (κ3) is 1.92. The van der Waals surface area contributed by atoms with Crippen molar-refractivity contribution in [3.05, 3.63) is 36.8 Å². The van der Waals surface area contributed by atoms with Crippen LogP contribution in [0.3, 0.4) is 0 Å². The number of furan rings is 1. The third-order valence-electron chi connectivity index (χ3n) is 2.43. The number of rotatable bonds is 4. The zero-order valence-corrected chi connectivity index (χ0v) is 8.58. The van der Waals surface area contributed by atoms with Crippen LogP contribution in [0.5, 0.6) is 0 Å². The summed E-state index contributed by atoms with van der Waals surface area (Å²) in [5.41, 5.74) is 6.05. The number of nitrogens with two attached hydrogens (primary N) is 1. The first-order chi connectivity index (χ1) is 7.33. The summed E-state index contributed by atoms with van der Waals surface area (Å²) in [5.74, 6) is 0.815. The summed E-state index contributed by atoms with van der Waals surface area (Å²) in [6, 6.07) is 3.65. The lowest BCUT2D eigenvalue weighted by Gasteiger charge is -2.20. The van der Waals surface area contributed by atoms with Crippen LogP contribution < -0.4 is 5.73 Å². The van der Waals surface area contributed by atoms with Crippen molar-refractivity contribution in [3.63, 3.8) is 0 Å². The second-order valence-electron chi connectivity index (χ2n) is 3.41. The molecule has 2 atom stereocenters. The average molecular weight is 206 g/mol. The molecule has 0 radical (unpaired) electrons. The predicted molar refractivity (Wildman–Crippen MR) is 55.1 cm³/mol. The van der Waals surface area contributed by atoms with Crippen LogP contribution in [0.4, 0.5) is 0 Å². The van der Waals surface area contributed by atoms with E-state index in [0.29, 0.717) is 0 Å². The molecule has 0 bridgehead atoms. The SMILES string of the molecule is CCC(N)C(c1ccco1)n1cncn1. The van der Waals surface area contributed by atoms with Gasteiger partial charge in [0.05, 0.1) is 6.26 Å². The van der Waals surface area contributed by atoms with Crippen LogP contribution in [0.25, 0.3) is 0 Å². The number of aromatic nitrogens is 3. The molecule has 80 valence electrons. The molecule has 0 saturated carbocycles. The van der Waals surface area contributed by atoms with Crippen molar-refractivity contribution in [2.75, 3.05) is 0 Å². The zero-order valence-electron chi connectivity index (χ0n) is 8.58. The molecule has 0 fully saturated rings. The van der Waals surface area contributed by atoms with Crippen LogP contribution in [0.15, 0.2) is 35.5 Å².